The van der Waals surface area contributed by atoms with E-state index in [2.05, 4.69) is 22.1 Å². The van der Waals surface area contributed by atoms with Crippen LogP contribution in [0, 0.1) is 0 Å². The molecule has 1 aliphatic rings. The molecule has 1 N–H and O–H groups in total. The molecule has 5 nitrogen and oxygen atoms in total. The van der Waals surface area contributed by atoms with Crippen LogP contribution in [0.25, 0.3) is 0 Å². The average molecular weight is 289 g/mol. The van der Waals surface area contributed by atoms with Crippen LogP contribution in [0.5, 0.6) is 0 Å². The fraction of sp³-hybridized carbons (Fsp3) is 0.500. The van der Waals surface area contributed by atoms with Crippen LogP contribution < -0.4 is 5.32 Å². The van der Waals surface area contributed by atoms with Gasteiger partial charge in [-0.3, -0.25) is 10.3 Å². The molecular weight excluding hydrogens is 266 g/mol. The molecule has 1 unspecified atom stereocenters. The molecule has 0 saturated heterocycles. The van der Waals surface area contributed by atoms with Crippen LogP contribution in [0.4, 0.5) is 10.5 Å². The van der Waals surface area contributed by atoms with Gasteiger partial charge in [0, 0.05) is 24.8 Å². The van der Waals surface area contributed by atoms with E-state index in [0.717, 1.165) is 17.9 Å². The summed E-state index contributed by atoms with van der Waals surface area (Å²) in [6, 6.07) is 7.96. The second-order valence-electron chi connectivity index (χ2n) is 6.39. The SMILES string of the molecule is CC1CN(C)C(c2ccc(NC(=O)OC(C)(C)C)cc2)=N1. The van der Waals surface area contributed by atoms with Crippen molar-refractivity contribution < 1.29 is 9.53 Å². The molecule has 0 fully saturated rings. The fourth-order valence-electron chi connectivity index (χ4n) is 2.25. The van der Waals surface area contributed by atoms with Crippen molar-refractivity contribution >= 4 is 17.6 Å². The highest BCUT2D eigenvalue weighted by molar-refractivity contribution is 6.00. The van der Waals surface area contributed by atoms with Crippen LogP contribution in [-0.2, 0) is 4.74 Å². The van der Waals surface area contributed by atoms with Crippen molar-refractivity contribution in [1.82, 2.24) is 4.90 Å². The second-order valence-corrected chi connectivity index (χ2v) is 6.39. The van der Waals surface area contributed by atoms with Crippen LogP contribution in [0.1, 0.15) is 33.3 Å². The minimum Gasteiger partial charge on any atom is -0.444 e. The molecule has 0 aliphatic carbocycles. The number of hydrogen-bond acceptors (Lipinski definition) is 4. The number of hydrogen-bond donors (Lipinski definition) is 1. The van der Waals surface area contributed by atoms with Crippen LogP contribution in [0.2, 0.25) is 0 Å². The van der Waals surface area contributed by atoms with Gasteiger partial charge in [0.05, 0.1) is 6.04 Å². The van der Waals surface area contributed by atoms with Crippen molar-refractivity contribution in [3.05, 3.63) is 29.8 Å². The van der Waals surface area contributed by atoms with Crippen molar-refractivity contribution in [2.24, 2.45) is 4.99 Å². The van der Waals surface area contributed by atoms with Gasteiger partial charge in [-0.15, -0.1) is 0 Å². The monoisotopic (exact) mass is 289 g/mol. The lowest BCUT2D eigenvalue weighted by Crippen LogP contribution is -2.27. The molecule has 1 atom stereocenters. The number of amides is 1. The highest BCUT2D eigenvalue weighted by Crippen LogP contribution is 2.17. The lowest BCUT2D eigenvalue weighted by atomic mass is 10.2. The Kier molecular flexibility index (Phi) is 4.21. The largest absolute Gasteiger partial charge is 0.444 e. The molecule has 1 amide bonds. The van der Waals surface area contributed by atoms with E-state index in [1.807, 2.05) is 52.1 Å². The van der Waals surface area contributed by atoms with Gasteiger partial charge in [-0.1, -0.05) is 0 Å². The van der Waals surface area contributed by atoms with Crippen molar-refractivity contribution in [2.75, 3.05) is 18.9 Å². The third-order valence-corrected chi connectivity index (χ3v) is 3.03. The van der Waals surface area contributed by atoms with Crippen molar-refractivity contribution in [3.8, 4) is 0 Å². The predicted molar refractivity (Wildman–Crippen MR) is 84.9 cm³/mol. The smallest absolute Gasteiger partial charge is 0.412 e. The Morgan fingerprint density at radius 1 is 1.33 bits per heavy atom. The summed E-state index contributed by atoms with van der Waals surface area (Å²) in [5.74, 6) is 0.992. The first-order valence-electron chi connectivity index (χ1n) is 7.14. The number of likely N-dealkylation sites (N-methyl/N-ethyl adjacent to an activating group) is 1. The van der Waals surface area contributed by atoms with Crippen molar-refractivity contribution in [3.63, 3.8) is 0 Å². The van der Waals surface area contributed by atoms with Gasteiger partial charge in [-0.2, -0.15) is 0 Å². The highest BCUT2D eigenvalue weighted by atomic mass is 16.6. The van der Waals surface area contributed by atoms with Gasteiger partial charge in [-0.25, -0.2) is 4.79 Å². The third kappa shape index (κ3) is 4.21. The zero-order valence-corrected chi connectivity index (χ0v) is 13.3. The number of carbonyl (C=O) groups is 1. The maximum Gasteiger partial charge on any atom is 0.412 e. The summed E-state index contributed by atoms with van der Waals surface area (Å²) in [5, 5.41) is 2.72. The zero-order chi connectivity index (χ0) is 15.6. The quantitative estimate of drug-likeness (QED) is 0.910. The molecule has 1 aliphatic heterocycles. The van der Waals surface area contributed by atoms with Crippen molar-refractivity contribution in [1.29, 1.82) is 0 Å². The third-order valence-electron chi connectivity index (χ3n) is 3.03. The Balaban J connectivity index is 2.03. The van der Waals surface area contributed by atoms with Crippen molar-refractivity contribution in [2.45, 2.75) is 39.3 Å². The molecule has 0 radical (unpaired) electrons. The summed E-state index contributed by atoms with van der Waals surface area (Å²) in [7, 11) is 2.04. The molecule has 1 heterocycles. The van der Waals surface area contributed by atoms with Gasteiger partial charge in [0.2, 0.25) is 0 Å². The summed E-state index contributed by atoms with van der Waals surface area (Å²) in [6.07, 6.45) is -0.445. The van der Waals surface area contributed by atoms with E-state index < -0.39 is 11.7 Å². The van der Waals surface area contributed by atoms with Crippen LogP contribution in [-0.4, -0.2) is 42.1 Å². The fourth-order valence-corrected chi connectivity index (χ4v) is 2.25. The topological polar surface area (TPSA) is 53.9 Å². The van der Waals surface area contributed by atoms with E-state index in [1.54, 1.807) is 0 Å². The zero-order valence-electron chi connectivity index (χ0n) is 13.3. The Bertz CT molecular complexity index is 544. The number of amidine groups is 1. The lowest BCUT2D eigenvalue weighted by Gasteiger charge is -2.19. The van der Waals surface area contributed by atoms with E-state index in [4.69, 9.17) is 4.74 Å². The first-order chi connectivity index (χ1) is 9.74. The van der Waals surface area contributed by atoms with E-state index >= 15 is 0 Å². The molecule has 0 bridgehead atoms. The maximum absolute atomic E-state index is 11.7. The molecule has 0 spiro atoms. The van der Waals surface area contributed by atoms with E-state index in [0.29, 0.717) is 11.7 Å². The minimum atomic E-state index is -0.499. The van der Waals surface area contributed by atoms with E-state index in [1.165, 1.54) is 0 Å². The Labute approximate surface area is 126 Å². The Morgan fingerprint density at radius 3 is 2.43 bits per heavy atom. The summed E-state index contributed by atoms with van der Waals surface area (Å²) >= 11 is 0. The number of nitrogens with zero attached hydrogens (tertiary/aromatic N) is 2. The second kappa shape index (κ2) is 5.76. The van der Waals surface area contributed by atoms with Crippen LogP contribution in [0.3, 0.4) is 0 Å². The number of anilines is 1. The molecule has 1 aromatic rings. The lowest BCUT2D eigenvalue weighted by molar-refractivity contribution is 0.0636. The molecule has 1 aromatic carbocycles. The summed E-state index contributed by atoms with van der Waals surface area (Å²) in [4.78, 5) is 18.4. The van der Waals surface area contributed by atoms with Gasteiger partial charge < -0.3 is 9.64 Å². The number of nitrogens with one attached hydrogen (secondary N) is 1. The molecule has 5 heteroatoms. The number of ether oxygens (including phenoxy) is 1. The average Bonchev–Trinajstić information content (AvgIpc) is 2.67. The number of aliphatic imine (C=N–C) groups is 1. The highest BCUT2D eigenvalue weighted by Gasteiger charge is 2.20. The number of benzene rings is 1. The molecule has 0 saturated carbocycles. The van der Waals surface area contributed by atoms with Gasteiger partial charge in [0.15, 0.2) is 0 Å². The predicted octanol–water partition coefficient (Wildman–Crippen LogP) is 3.11. The first kappa shape index (κ1) is 15.4. The van der Waals surface area contributed by atoms with Crippen LogP contribution in [0.15, 0.2) is 29.3 Å². The van der Waals surface area contributed by atoms with Gasteiger partial charge in [0.1, 0.15) is 11.4 Å². The maximum atomic E-state index is 11.7. The number of rotatable bonds is 2. The molecule has 0 aromatic heterocycles. The normalized spacial score (nSPS) is 18.4. The van der Waals surface area contributed by atoms with Crippen LogP contribution >= 0.6 is 0 Å². The summed E-state index contributed by atoms with van der Waals surface area (Å²) < 4.78 is 5.22. The van der Waals surface area contributed by atoms with Gasteiger partial charge in [-0.05, 0) is 52.0 Å². The molecule has 21 heavy (non-hydrogen) atoms. The standard InChI is InChI=1S/C16H23N3O2/c1-11-10-19(5)14(17-11)12-6-8-13(9-7-12)18-15(20)21-16(2,3)4/h6-9,11H,10H2,1-5H3,(H,18,20). The first-order valence-corrected chi connectivity index (χ1v) is 7.14. The van der Waals surface area contributed by atoms with Gasteiger partial charge in [0.25, 0.3) is 0 Å². The summed E-state index contributed by atoms with van der Waals surface area (Å²) in [5.41, 5.74) is 1.26. The Morgan fingerprint density at radius 2 is 1.95 bits per heavy atom. The van der Waals surface area contributed by atoms with E-state index in [9.17, 15) is 4.79 Å². The molecular formula is C16H23N3O2. The molecule has 2 rings (SSSR count). The summed E-state index contributed by atoms with van der Waals surface area (Å²) in [6.45, 7) is 8.55. The van der Waals surface area contributed by atoms with E-state index in [-0.39, 0.29) is 0 Å². The Hall–Kier alpha value is -2.04. The minimum absolute atomic E-state index is 0.324. The van der Waals surface area contributed by atoms with Gasteiger partial charge >= 0.3 is 6.09 Å². The number of carbonyl (C=O) groups excluding carboxylic acids is 1. The molecule has 114 valence electrons.